The van der Waals surface area contributed by atoms with E-state index in [9.17, 15) is 8.78 Å². The summed E-state index contributed by atoms with van der Waals surface area (Å²) in [5.74, 6) is -1.42. The average molecular weight is 130 g/mol. The zero-order valence-corrected chi connectivity index (χ0v) is 5.25. The van der Waals surface area contributed by atoms with E-state index in [1.54, 1.807) is 0 Å². The SMILES string of the molecule is C=C/C(F)=C(/C)C(=C)F. The van der Waals surface area contributed by atoms with Gasteiger partial charge in [0.2, 0.25) is 0 Å². The van der Waals surface area contributed by atoms with Gasteiger partial charge in [0.1, 0.15) is 11.7 Å². The van der Waals surface area contributed by atoms with Crippen molar-refractivity contribution in [3.05, 3.63) is 36.5 Å². The molecule has 0 aromatic rings. The molecule has 2 heteroatoms. The van der Waals surface area contributed by atoms with E-state index in [0.717, 1.165) is 6.08 Å². The molecule has 0 amide bonds. The molecule has 0 aromatic carbocycles. The van der Waals surface area contributed by atoms with Gasteiger partial charge in [-0.1, -0.05) is 13.2 Å². The summed E-state index contributed by atoms with van der Waals surface area (Å²) in [6, 6.07) is 0. The highest BCUT2D eigenvalue weighted by Crippen LogP contribution is 2.14. The first-order chi connectivity index (χ1) is 4.09. The molecular formula is C7H8F2. The largest absolute Gasteiger partial charge is 0.207 e. The Kier molecular flexibility index (Phi) is 2.85. The molecule has 0 bridgehead atoms. The first-order valence-corrected chi connectivity index (χ1v) is 2.43. The second-order valence-corrected chi connectivity index (χ2v) is 1.58. The quantitative estimate of drug-likeness (QED) is 0.504. The molecule has 0 spiro atoms. The Hall–Kier alpha value is -0.920. The molecule has 50 valence electrons. The van der Waals surface area contributed by atoms with Crippen LogP contribution >= 0.6 is 0 Å². The summed E-state index contributed by atoms with van der Waals surface area (Å²) in [5.41, 5.74) is -0.0926. The summed E-state index contributed by atoms with van der Waals surface area (Å²) in [7, 11) is 0. The second kappa shape index (κ2) is 3.17. The van der Waals surface area contributed by atoms with E-state index < -0.39 is 11.7 Å². The summed E-state index contributed by atoms with van der Waals surface area (Å²) in [6.45, 7) is 7.34. The normalized spacial score (nSPS) is 12.3. The standard InChI is InChI=1S/C7H8F2/c1-4-7(9)5(2)6(3)8/h4H,1,3H2,2H3/b7-5+. The van der Waals surface area contributed by atoms with Crippen molar-refractivity contribution in [2.24, 2.45) is 0 Å². The maximum absolute atomic E-state index is 12.2. The summed E-state index contributed by atoms with van der Waals surface area (Å²) in [5, 5.41) is 0. The molecule has 0 aliphatic carbocycles. The van der Waals surface area contributed by atoms with Gasteiger partial charge in [0.05, 0.1) is 0 Å². The molecule has 0 atom stereocenters. The lowest BCUT2D eigenvalue weighted by Crippen LogP contribution is -1.77. The van der Waals surface area contributed by atoms with Crippen molar-refractivity contribution in [3.63, 3.8) is 0 Å². The number of allylic oxidation sites excluding steroid dienone is 4. The first-order valence-electron chi connectivity index (χ1n) is 2.43. The van der Waals surface area contributed by atoms with Crippen molar-refractivity contribution in [3.8, 4) is 0 Å². The Morgan fingerprint density at radius 2 is 1.89 bits per heavy atom. The molecule has 0 aliphatic heterocycles. The van der Waals surface area contributed by atoms with Crippen LogP contribution in [-0.4, -0.2) is 0 Å². The monoisotopic (exact) mass is 130 g/mol. The summed E-state index contributed by atoms with van der Waals surface area (Å²) in [6.07, 6.45) is 0.945. The van der Waals surface area contributed by atoms with Gasteiger partial charge in [0.25, 0.3) is 0 Å². The van der Waals surface area contributed by atoms with E-state index in [1.807, 2.05) is 0 Å². The van der Waals surface area contributed by atoms with Crippen LogP contribution in [0.4, 0.5) is 8.78 Å². The first kappa shape index (κ1) is 8.08. The second-order valence-electron chi connectivity index (χ2n) is 1.58. The van der Waals surface area contributed by atoms with Crippen LogP contribution in [0.3, 0.4) is 0 Å². The molecule has 0 unspecified atom stereocenters. The minimum atomic E-state index is -0.757. The van der Waals surface area contributed by atoms with Crippen molar-refractivity contribution >= 4 is 0 Å². The smallest absolute Gasteiger partial charge is 0.128 e. The van der Waals surface area contributed by atoms with Crippen LogP contribution in [0.5, 0.6) is 0 Å². The highest BCUT2D eigenvalue weighted by Gasteiger charge is 1.98. The fraction of sp³-hybridized carbons (Fsp3) is 0.143. The van der Waals surface area contributed by atoms with Crippen molar-refractivity contribution in [1.82, 2.24) is 0 Å². The van der Waals surface area contributed by atoms with Gasteiger partial charge in [0.15, 0.2) is 0 Å². The van der Waals surface area contributed by atoms with Gasteiger partial charge >= 0.3 is 0 Å². The van der Waals surface area contributed by atoms with Gasteiger partial charge in [-0.3, -0.25) is 0 Å². The Morgan fingerprint density at radius 1 is 1.44 bits per heavy atom. The van der Waals surface area contributed by atoms with Gasteiger partial charge < -0.3 is 0 Å². The van der Waals surface area contributed by atoms with Crippen LogP contribution in [0.2, 0.25) is 0 Å². The van der Waals surface area contributed by atoms with Crippen molar-refractivity contribution in [2.45, 2.75) is 6.92 Å². The predicted octanol–water partition coefficient (Wildman–Crippen LogP) is 2.90. The van der Waals surface area contributed by atoms with Gasteiger partial charge in [0, 0.05) is 5.57 Å². The van der Waals surface area contributed by atoms with E-state index in [2.05, 4.69) is 13.2 Å². The van der Waals surface area contributed by atoms with Crippen LogP contribution in [0, 0.1) is 0 Å². The Labute approximate surface area is 53.2 Å². The number of hydrogen-bond donors (Lipinski definition) is 0. The molecule has 9 heavy (non-hydrogen) atoms. The van der Waals surface area contributed by atoms with E-state index in [1.165, 1.54) is 6.92 Å². The van der Waals surface area contributed by atoms with Crippen molar-refractivity contribution in [2.75, 3.05) is 0 Å². The zero-order chi connectivity index (χ0) is 7.44. The van der Waals surface area contributed by atoms with Crippen LogP contribution in [0.1, 0.15) is 6.92 Å². The molecule has 0 nitrogen and oxygen atoms in total. The van der Waals surface area contributed by atoms with Gasteiger partial charge in [-0.2, -0.15) is 0 Å². The Balaban J connectivity index is 4.47. The summed E-state index contributed by atoms with van der Waals surface area (Å²) in [4.78, 5) is 0. The Bertz CT molecular complexity index is 166. The zero-order valence-electron chi connectivity index (χ0n) is 5.25. The van der Waals surface area contributed by atoms with E-state index in [-0.39, 0.29) is 5.57 Å². The number of hydrogen-bond acceptors (Lipinski definition) is 0. The highest BCUT2D eigenvalue weighted by atomic mass is 19.1. The third kappa shape index (κ3) is 2.22. The number of halogens is 2. The average Bonchev–Trinajstić information content (AvgIpc) is 1.84. The van der Waals surface area contributed by atoms with E-state index in [4.69, 9.17) is 0 Å². The maximum atomic E-state index is 12.2. The number of rotatable bonds is 2. The molecule has 0 saturated carbocycles. The molecule has 0 radical (unpaired) electrons. The molecule has 0 saturated heterocycles. The summed E-state index contributed by atoms with van der Waals surface area (Å²) < 4.78 is 24.2. The highest BCUT2D eigenvalue weighted by molar-refractivity contribution is 5.28. The molecule has 0 rings (SSSR count). The third-order valence-electron chi connectivity index (χ3n) is 0.944. The molecular weight excluding hydrogens is 122 g/mol. The minimum absolute atomic E-state index is 0.0926. The van der Waals surface area contributed by atoms with E-state index in [0.29, 0.717) is 0 Å². The molecule has 0 N–H and O–H groups in total. The fourth-order valence-corrected chi connectivity index (χ4v) is 0.283. The van der Waals surface area contributed by atoms with E-state index >= 15 is 0 Å². The minimum Gasteiger partial charge on any atom is -0.207 e. The van der Waals surface area contributed by atoms with Crippen LogP contribution < -0.4 is 0 Å². The lowest BCUT2D eigenvalue weighted by Gasteiger charge is -1.93. The van der Waals surface area contributed by atoms with Gasteiger partial charge in [-0.25, -0.2) is 8.78 Å². The Morgan fingerprint density at radius 3 is 2.00 bits per heavy atom. The van der Waals surface area contributed by atoms with Crippen LogP contribution in [0.25, 0.3) is 0 Å². The van der Waals surface area contributed by atoms with Gasteiger partial charge in [-0.05, 0) is 13.0 Å². The topological polar surface area (TPSA) is 0 Å². The third-order valence-corrected chi connectivity index (χ3v) is 0.944. The molecule has 0 fully saturated rings. The predicted molar refractivity (Wildman–Crippen MR) is 34.3 cm³/mol. The van der Waals surface area contributed by atoms with Crippen molar-refractivity contribution < 1.29 is 8.78 Å². The summed E-state index contributed by atoms with van der Waals surface area (Å²) >= 11 is 0. The lowest BCUT2D eigenvalue weighted by atomic mass is 10.2. The van der Waals surface area contributed by atoms with Gasteiger partial charge in [-0.15, -0.1) is 0 Å². The van der Waals surface area contributed by atoms with Crippen LogP contribution in [-0.2, 0) is 0 Å². The molecule has 0 heterocycles. The maximum Gasteiger partial charge on any atom is 0.128 e. The lowest BCUT2D eigenvalue weighted by molar-refractivity contribution is 0.613. The molecule has 0 aliphatic rings. The van der Waals surface area contributed by atoms with Crippen molar-refractivity contribution in [1.29, 1.82) is 0 Å². The molecule has 0 aromatic heterocycles. The van der Waals surface area contributed by atoms with Crippen LogP contribution in [0.15, 0.2) is 36.5 Å². The fourth-order valence-electron chi connectivity index (χ4n) is 0.283.